The van der Waals surface area contributed by atoms with E-state index in [2.05, 4.69) is 65.3 Å². The predicted octanol–water partition coefficient (Wildman–Crippen LogP) is 3.74. The van der Waals surface area contributed by atoms with Gasteiger partial charge < -0.3 is 5.11 Å². The van der Waals surface area contributed by atoms with E-state index in [1.807, 2.05) is 0 Å². The van der Waals surface area contributed by atoms with Gasteiger partial charge in [-0.25, -0.2) is 0 Å². The van der Waals surface area contributed by atoms with E-state index in [0.29, 0.717) is 12.5 Å². The smallest absolute Gasteiger partial charge is 0.0650 e. The molecular formula is C21H31N3O. The number of H-pyrrole nitrogens is 1. The zero-order valence-electron chi connectivity index (χ0n) is 15.5. The van der Waals surface area contributed by atoms with Crippen LogP contribution in [0, 0.1) is 5.41 Å². The van der Waals surface area contributed by atoms with Gasteiger partial charge in [0.2, 0.25) is 0 Å². The van der Waals surface area contributed by atoms with Crippen LogP contribution in [0.15, 0.2) is 36.4 Å². The van der Waals surface area contributed by atoms with E-state index in [1.165, 1.54) is 11.3 Å². The van der Waals surface area contributed by atoms with E-state index in [9.17, 15) is 5.11 Å². The van der Waals surface area contributed by atoms with Crippen molar-refractivity contribution in [3.8, 4) is 0 Å². The average molecular weight is 341 g/mol. The number of piperidine rings is 1. The van der Waals surface area contributed by atoms with E-state index in [0.717, 1.165) is 51.0 Å². The lowest BCUT2D eigenvalue weighted by Crippen LogP contribution is -2.42. The molecule has 1 aliphatic rings. The lowest BCUT2D eigenvalue weighted by Gasteiger charge is -2.40. The van der Waals surface area contributed by atoms with Crippen molar-refractivity contribution in [3.05, 3.63) is 53.3 Å². The summed E-state index contributed by atoms with van der Waals surface area (Å²) in [7, 11) is 0. The number of nitrogens with zero attached hydrogens (tertiary/aromatic N) is 2. The molecular weight excluding hydrogens is 310 g/mol. The molecule has 0 saturated carbocycles. The third-order valence-electron chi connectivity index (χ3n) is 5.68. The number of likely N-dealkylation sites (tertiary alicyclic amines) is 1. The predicted molar refractivity (Wildman–Crippen MR) is 101 cm³/mol. The molecule has 0 bridgehead atoms. The highest BCUT2D eigenvalue weighted by Gasteiger charge is 2.33. The van der Waals surface area contributed by atoms with Crippen molar-refractivity contribution in [2.75, 3.05) is 19.7 Å². The summed E-state index contributed by atoms with van der Waals surface area (Å²) in [5, 5.41) is 17.6. The van der Waals surface area contributed by atoms with Gasteiger partial charge in [-0.1, -0.05) is 44.2 Å². The Hall–Kier alpha value is -1.65. The molecule has 25 heavy (non-hydrogen) atoms. The first kappa shape index (κ1) is 18.2. The minimum Gasteiger partial charge on any atom is -0.396 e. The van der Waals surface area contributed by atoms with Gasteiger partial charge in [0.15, 0.2) is 0 Å². The van der Waals surface area contributed by atoms with Crippen LogP contribution in [0.4, 0.5) is 0 Å². The summed E-state index contributed by atoms with van der Waals surface area (Å²) in [5.41, 5.74) is 3.80. The molecule has 4 nitrogen and oxygen atoms in total. The van der Waals surface area contributed by atoms with Gasteiger partial charge in [0.25, 0.3) is 0 Å². The Morgan fingerprint density at radius 1 is 1.20 bits per heavy atom. The van der Waals surface area contributed by atoms with Crippen LogP contribution in [0.25, 0.3) is 0 Å². The number of hydrogen-bond acceptors (Lipinski definition) is 3. The summed E-state index contributed by atoms with van der Waals surface area (Å²) in [5.74, 6) is 0.464. The molecule has 2 N–H and O–H groups in total. The van der Waals surface area contributed by atoms with Gasteiger partial charge in [-0.05, 0) is 61.7 Å². The average Bonchev–Trinajstić information content (AvgIpc) is 3.11. The van der Waals surface area contributed by atoms with Crippen LogP contribution in [-0.2, 0) is 13.0 Å². The Morgan fingerprint density at radius 2 is 1.92 bits per heavy atom. The second-order valence-corrected chi connectivity index (χ2v) is 7.89. The summed E-state index contributed by atoms with van der Waals surface area (Å²) in [6.45, 7) is 7.66. The van der Waals surface area contributed by atoms with E-state index in [4.69, 9.17) is 0 Å². The van der Waals surface area contributed by atoms with Gasteiger partial charge >= 0.3 is 0 Å². The maximum atomic E-state index is 10.0. The number of aliphatic hydroxyl groups is 1. The molecule has 0 unspecified atom stereocenters. The maximum Gasteiger partial charge on any atom is 0.0650 e. The monoisotopic (exact) mass is 341 g/mol. The first-order valence-electron chi connectivity index (χ1n) is 9.51. The standard InChI is InChI=1S/C21H31N3O/c1-17(2)20-14-19(22-23-20)15-24-12-10-21(16-25,11-13-24)9-8-18-6-4-3-5-7-18/h3-7,14,17,25H,8-13,15-16H2,1-2H3,(H,22,23). The van der Waals surface area contributed by atoms with Crippen molar-refractivity contribution >= 4 is 0 Å². The Bertz CT molecular complexity index is 642. The van der Waals surface area contributed by atoms with Crippen LogP contribution in [-0.4, -0.2) is 39.9 Å². The lowest BCUT2D eigenvalue weighted by atomic mass is 9.75. The molecule has 0 spiro atoms. The van der Waals surface area contributed by atoms with E-state index in [1.54, 1.807) is 0 Å². The van der Waals surface area contributed by atoms with Crippen LogP contribution in [0.1, 0.15) is 56.0 Å². The molecule has 0 amide bonds. The molecule has 1 fully saturated rings. The first-order chi connectivity index (χ1) is 12.1. The van der Waals surface area contributed by atoms with Crippen molar-refractivity contribution in [2.24, 2.45) is 5.41 Å². The molecule has 2 heterocycles. The fourth-order valence-electron chi connectivity index (χ4n) is 3.72. The normalized spacial score (nSPS) is 17.9. The van der Waals surface area contributed by atoms with Crippen molar-refractivity contribution in [1.29, 1.82) is 0 Å². The number of hydrogen-bond donors (Lipinski definition) is 2. The summed E-state index contributed by atoms with van der Waals surface area (Å²) in [6, 6.07) is 12.8. The molecule has 3 rings (SSSR count). The Labute approximate surface area is 151 Å². The van der Waals surface area contributed by atoms with Gasteiger partial charge in [-0.3, -0.25) is 10.00 Å². The molecule has 1 aliphatic heterocycles. The van der Waals surface area contributed by atoms with Gasteiger partial charge in [-0.15, -0.1) is 0 Å². The largest absolute Gasteiger partial charge is 0.396 e. The van der Waals surface area contributed by atoms with Crippen molar-refractivity contribution in [2.45, 2.75) is 52.0 Å². The third-order valence-corrected chi connectivity index (χ3v) is 5.68. The van der Waals surface area contributed by atoms with Crippen molar-refractivity contribution in [3.63, 3.8) is 0 Å². The van der Waals surface area contributed by atoms with Crippen molar-refractivity contribution < 1.29 is 5.11 Å². The Balaban J connectivity index is 1.51. The number of rotatable bonds is 7. The number of aromatic amines is 1. The van der Waals surface area contributed by atoms with Gasteiger partial charge in [0.05, 0.1) is 5.69 Å². The van der Waals surface area contributed by atoms with Crippen molar-refractivity contribution in [1.82, 2.24) is 15.1 Å². The summed E-state index contributed by atoms with van der Waals surface area (Å²) in [6.07, 6.45) is 4.27. The van der Waals surface area contributed by atoms with Crippen LogP contribution in [0.3, 0.4) is 0 Å². The van der Waals surface area contributed by atoms with E-state index < -0.39 is 0 Å². The zero-order chi connectivity index (χ0) is 17.7. The quantitative estimate of drug-likeness (QED) is 0.806. The minimum absolute atomic E-state index is 0.0867. The van der Waals surface area contributed by atoms with Gasteiger partial charge in [-0.2, -0.15) is 5.10 Å². The Morgan fingerprint density at radius 3 is 2.52 bits per heavy atom. The maximum absolute atomic E-state index is 10.0. The highest BCUT2D eigenvalue weighted by molar-refractivity contribution is 5.15. The summed E-state index contributed by atoms with van der Waals surface area (Å²) < 4.78 is 0. The van der Waals surface area contributed by atoms with E-state index in [-0.39, 0.29) is 5.41 Å². The van der Waals surface area contributed by atoms with E-state index >= 15 is 0 Å². The summed E-state index contributed by atoms with van der Waals surface area (Å²) in [4.78, 5) is 2.48. The fraction of sp³-hybridized carbons (Fsp3) is 0.571. The highest BCUT2D eigenvalue weighted by atomic mass is 16.3. The minimum atomic E-state index is 0.0867. The van der Waals surface area contributed by atoms with Crippen LogP contribution in [0.5, 0.6) is 0 Å². The first-order valence-corrected chi connectivity index (χ1v) is 9.51. The van der Waals surface area contributed by atoms with Gasteiger partial charge in [0.1, 0.15) is 0 Å². The molecule has 0 aliphatic carbocycles. The Kier molecular flexibility index (Phi) is 5.92. The molecule has 136 valence electrons. The summed E-state index contributed by atoms with van der Waals surface area (Å²) >= 11 is 0. The highest BCUT2D eigenvalue weighted by Crippen LogP contribution is 2.36. The second-order valence-electron chi connectivity index (χ2n) is 7.89. The number of nitrogens with one attached hydrogen (secondary N) is 1. The number of benzene rings is 1. The van der Waals surface area contributed by atoms with Crippen LogP contribution >= 0.6 is 0 Å². The molecule has 1 aromatic heterocycles. The molecule has 2 aromatic rings. The molecule has 1 saturated heterocycles. The lowest BCUT2D eigenvalue weighted by molar-refractivity contribution is 0.0343. The number of aliphatic hydroxyl groups excluding tert-OH is 1. The molecule has 4 heteroatoms. The van der Waals surface area contributed by atoms with Crippen LogP contribution < -0.4 is 0 Å². The van der Waals surface area contributed by atoms with Crippen LogP contribution in [0.2, 0.25) is 0 Å². The molecule has 0 radical (unpaired) electrons. The second kappa shape index (κ2) is 8.15. The third kappa shape index (κ3) is 4.71. The SMILES string of the molecule is CC(C)c1cc(CN2CCC(CO)(CCc3ccccc3)CC2)[nH]n1. The van der Waals surface area contributed by atoms with Gasteiger partial charge in [0, 0.05) is 18.8 Å². The number of aromatic nitrogens is 2. The molecule has 1 aromatic carbocycles. The number of aryl methyl sites for hydroxylation is 1. The topological polar surface area (TPSA) is 52.1 Å². The fourth-order valence-corrected chi connectivity index (χ4v) is 3.72. The molecule has 0 atom stereocenters. The zero-order valence-corrected chi connectivity index (χ0v) is 15.5.